The fourth-order valence-corrected chi connectivity index (χ4v) is 0.796. The molecule has 62 valence electrons. The molecular formula is C9H6F2O. The maximum atomic E-state index is 12.8. The first-order valence-electron chi connectivity index (χ1n) is 3.18. The fourth-order valence-electron chi connectivity index (χ4n) is 0.796. The van der Waals surface area contributed by atoms with Gasteiger partial charge in [0, 0.05) is 6.07 Å². The van der Waals surface area contributed by atoms with E-state index in [2.05, 4.69) is 4.74 Å². The summed E-state index contributed by atoms with van der Waals surface area (Å²) in [6.07, 6.45) is 4.91. The third-order valence-electron chi connectivity index (χ3n) is 1.40. The summed E-state index contributed by atoms with van der Waals surface area (Å²) in [5.41, 5.74) is -0.103. The van der Waals surface area contributed by atoms with Crippen LogP contribution in [-0.4, -0.2) is 7.11 Å². The molecule has 0 saturated heterocycles. The van der Waals surface area contributed by atoms with Gasteiger partial charge in [-0.15, -0.1) is 6.42 Å². The minimum Gasteiger partial charge on any atom is -0.494 e. The Kier molecular flexibility index (Phi) is 2.29. The molecule has 0 N–H and O–H groups in total. The van der Waals surface area contributed by atoms with Crippen molar-refractivity contribution in [1.82, 2.24) is 0 Å². The smallest absolute Gasteiger partial charge is 0.166 e. The molecule has 0 spiro atoms. The second-order valence-corrected chi connectivity index (χ2v) is 2.11. The van der Waals surface area contributed by atoms with E-state index in [1.807, 2.05) is 5.92 Å². The van der Waals surface area contributed by atoms with Crippen LogP contribution >= 0.6 is 0 Å². The number of methoxy groups -OCH3 is 1. The highest BCUT2D eigenvalue weighted by molar-refractivity contribution is 5.39. The van der Waals surface area contributed by atoms with Crippen molar-refractivity contribution in [3.8, 4) is 18.1 Å². The summed E-state index contributed by atoms with van der Waals surface area (Å²) in [4.78, 5) is 0. The molecule has 0 aliphatic rings. The van der Waals surface area contributed by atoms with Gasteiger partial charge < -0.3 is 4.74 Å². The average Bonchev–Trinajstić information content (AvgIpc) is 2.08. The van der Waals surface area contributed by atoms with Crippen molar-refractivity contribution in [2.45, 2.75) is 0 Å². The summed E-state index contributed by atoms with van der Waals surface area (Å²) in [7, 11) is 1.26. The van der Waals surface area contributed by atoms with Crippen LogP contribution in [0.1, 0.15) is 5.56 Å². The van der Waals surface area contributed by atoms with Crippen LogP contribution in [0.2, 0.25) is 0 Å². The quantitative estimate of drug-likeness (QED) is 0.582. The summed E-state index contributed by atoms with van der Waals surface area (Å²) >= 11 is 0. The maximum Gasteiger partial charge on any atom is 0.166 e. The van der Waals surface area contributed by atoms with Gasteiger partial charge in [-0.3, -0.25) is 0 Å². The largest absolute Gasteiger partial charge is 0.494 e. The van der Waals surface area contributed by atoms with Crippen molar-refractivity contribution >= 4 is 0 Å². The second kappa shape index (κ2) is 3.22. The highest BCUT2D eigenvalue weighted by Crippen LogP contribution is 2.20. The topological polar surface area (TPSA) is 9.23 Å². The van der Waals surface area contributed by atoms with Gasteiger partial charge in [-0.05, 0) is 6.07 Å². The van der Waals surface area contributed by atoms with E-state index in [-0.39, 0.29) is 11.3 Å². The molecule has 1 aromatic carbocycles. The molecule has 0 fully saturated rings. The normalized spacial score (nSPS) is 9.17. The number of hydrogen-bond acceptors (Lipinski definition) is 1. The van der Waals surface area contributed by atoms with Gasteiger partial charge in [-0.1, -0.05) is 5.92 Å². The Balaban J connectivity index is 3.28. The zero-order chi connectivity index (χ0) is 9.14. The molecule has 0 aromatic heterocycles. The third kappa shape index (κ3) is 1.37. The van der Waals surface area contributed by atoms with Crippen molar-refractivity contribution in [3.63, 3.8) is 0 Å². The van der Waals surface area contributed by atoms with Crippen LogP contribution in [0.5, 0.6) is 5.75 Å². The van der Waals surface area contributed by atoms with Gasteiger partial charge in [-0.2, -0.15) is 0 Å². The van der Waals surface area contributed by atoms with Gasteiger partial charge in [0.25, 0.3) is 0 Å². The van der Waals surface area contributed by atoms with Gasteiger partial charge in [0.2, 0.25) is 0 Å². The summed E-state index contributed by atoms with van der Waals surface area (Å²) in [6, 6.07) is 1.85. The first-order chi connectivity index (χ1) is 5.69. The molecule has 0 atom stereocenters. The molecule has 0 unspecified atom stereocenters. The van der Waals surface area contributed by atoms with E-state index in [4.69, 9.17) is 6.42 Å². The first kappa shape index (κ1) is 8.54. The lowest BCUT2D eigenvalue weighted by Gasteiger charge is -2.02. The van der Waals surface area contributed by atoms with Crippen LogP contribution < -0.4 is 4.74 Å². The number of halogens is 2. The highest BCUT2D eigenvalue weighted by atomic mass is 19.1. The molecule has 1 rings (SSSR count). The molecule has 1 nitrogen and oxygen atoms in total. The van der Waals surface area contributed by atoms with Crippen LogP contribution in [-0.2, 0) is 0 Å². The monoisotopic (exact) mass is 168 g/mol. The second-order valence-electron chi connectivity index (χ2n) is 2.11. The Morgan fingerprint density at radius 1 is 1.33 bits per heavy atom. The predicted molar refractivity (Wildman–Crippen MR) is 40.8 cm³/mol. The van der Waals surface area contributed by atoms with E-state index < -0.39 is 11.6 Å². The number of terminal acetylenes is 1. The molecule has 0 saturated carbocycles. The lowest BCUT2D eigenvalue weighted by molar-refractivity contribution is 0.382. The molecule has 0 heterocycles. The summed E-state index contributed by atoms with van der Waals surface area (Å²) in [6.45, 7) is 0. The molecule has 1 aromatic rings. The fraction of sp³-hybridized carbons (Fsp3) is 0.111. The zero-order valence-corrected chi connectivity index (χ0v) is 6.40. The van der Waals surface area contributed by atoms with Gasteiger partial charge in [-0.25, -0.2) is 8.78 Å². The average molecular weight is 168 g/mol. The number of rotatable bonds is 1. The van der Waals surface area contributed by atoms with Crippen molar-refractivity contribution in [1.29, 1.82) is 0 Å². The predicted octanol–water partition coefficient (Wildman–Crippen LogP) is 1.95. The van der Waals surface area contributed by atoms with Gasteiger partial charge in [0.15, 0.2) is 11.6 Å². The maximum absolute atomic E-state index is 12.8. The molecule has 3 heteroatoms. The zero-order valence-electron chi connectivity index (χ0n) is 6.40. The molecule has 12 heavy (non-hydrogen) atoms. The van der Waals surface area contributed by atoms with E-state index in [1.165, 1.54) is 7.11 Å². The van der Waals surface area contributed by atoms with E-state index in [1.54, 1.807) is 0 Å². The van der Waals surface area contributed by atoms with Crippen LogP contribution in [0.4, 0.5) is 8.78 Å². The molecular weight excluding hydrogens is 162 g/mol. The SMILES string of the molecule is C#Cc1cc(F)c(OC)cc1F. The molecule has 0 amide bonds. The van der Waals surface area contributed by atoms with Crippen LogP contribution in [0.3, 0.4) is 0 Å². The Morgan fingerprint density at radius 2 is 2.00 bits per heavy atom. The van der Waals surface area contributed by atoms with E-state index in [9.17, 15) is 8.78 Å². The molecule has 0 bridgehead atoms. The minimum atomic E-state index is -0.660. The standard InChI is InChI=1S/C9H6F2O/c1-3-6-4-8(11)9(12-2)5-7(6)10/h1,4-5H,2H3. The Morgan fingerprint density at radius 3 is 2.50 bits per heavy atom. The summed E-state index contributed by atoms with van der Waals surface area (Å²) in [5.74, 6) is 0.553. The first-order valence-corrected chi connectivity index (χ1v) is 3.18. The van der Waals surface area contributed by atoms with Gasteiger partial charge in [0.05, 0.1) is 12.7 Å². The van der Waals surface area contributed by atoms with Crippen LogP contribution in [0.25, 0.3) is 0 Å². The summed E-state index contributed by atoms with van der Waals surface area (Å²) in [5, 5.41) is 0. The Labute approximate surface area is 69.0 Å². The van der Waals surface area contributed by atoms with Crippen molar-refractivity contribution < 1.29 is 13.5 Å². The van der Waals surface area contributed by atoms with Crippen LogP contribution in [0, 0.1) is 24.0 Å². The Hall–Kier alpha value is -1.56. The number of benzene rings is 1. The Bertz CT molecular complexity index is 338. The third-order valence-corrected chi connectivity index (χ3v) is 1.40. The lowest BCUT2D eigenvalue weighted by Crippen LogP contribution is -1.92. The number of hydrogen-bond donors (Lipinski definition) is 0. The van der Waals surface area contributed by atoms with Crippen LogP contribution in [0.15, 0.2) is 12.1 Å². The van der Waals surface area contributed by atoms with Crippen molar-refractivity contribution in [2.75, 3.05) is 7.11 Å². The van der Waals surface area contributed by atoms with E-state index in [0.717, 1.165) is 12.1 Å². The van der Waals surface area contributed by atoms with E-state index >= 15 is 0 Å². The summed E-state index contributed by atoms with van der Waals surface area (Å²) < 4.78 is 30.2. The molecule has 0 aliphatic carbocycles. The lowest BCUT2D eigenvalue weighted by atomic mass is 10.2. The highest BCUT2D eigenvalue weighted by Gasteiger charge is 2.07. The molecule has 0 aliphatic heterocycles. The number of ether oxygens (including phenoxy) is 1. The van der Waals surface area contributed by atoms with Gasteiger partial charge >= 0.3 is 0 Å². The van der Waals surface area contributed by atoms with Crippen molar-refractivity contribution in [2.24, 2.45) is 0 Å². The van der Waals surface area contributed by atoms with Crippen molar-refractivity contribution in [3.05, 3.63) is 29.3 Å². The van der Waals surface area contributed by atoms with E-state index in [0.29, 0.717) is 0 Å². The van der Waals surface area contributed by atoms with Gasteiger partial charge in [0.1, 0.15) is 5.82 Å². The molecule has 0 radical (unpaired) electrons. The minimum absolute atomic E-state index is 0.103.